The molecular formula is C13H25F3N2O2S. The third-order valence-electron chi connectivity index (χ3n) is 3.57. The van der Waals surface area contributed by atoms with Gasteiger partial charge in [0.1, 0.15) is 0 Å². The van der Waals surface area contributed by atoms with Crippen LogP contribution in [-0.2, 0) is 10.0 Å². The standard InChI is InChI=1S/C13H25F3N2O2S/c1-2-9-18(11-12-6-3-4-8-17-12)21(19,20)10-5-7-13(14,15)16/h12,17H,2-11H2,1H3. The van der Waals surface area contributed by atoms with Crippen LogP contribution in [0.1, 0.15) is 45.4 Å². The summed E-state index contributed by atoms with van der Waals surface area (Å²) in [5.41, 5.74) is 0. The quantitative estimate of drug-likeness (QED) is 0.744. The molecule has 1 fully saturated rings. The molecule has 1 N–H and O–H groups in total. The molecule has 0 aromatic carbocycles. The number of sulfonamides is 1. The third kappa shape index (κ3) is 7.46. The molecule has 8 heteroatoms. The van der Waals surface area contributed by atoms with Crippen molar-refractivity contribution in [1.29, 1.82) is 0 Å². The molecule has 1 heterocycles. The van der Waals surface area contributed by atoms with Crippen molar-refractivity contribution in [2.24, 2.45) is 0 Å². The van der Waals surface area contributed by atoms with Gasteiger partial charge in [0, 0.05) is 25.6 Å². The van der Waals surface area contributed by atoms with Gasteiger partial charge < -0.3 is 5.32 Å². The summed E-state index contributed by atoms with van der Waals surface area (Å²) in [6, 6.07) is 0.114. The Balaban J connectivity index is 2.55. The van der Waals surface area contributed by atoms with Crippen LogP contribution in [0.4, 0.5) is 13.2 Å². The fourth-order valence-corrected chi connectivity index (χ4v) is 4.14. The van der Waals surface area contributed by atoms with Crippen molar-refractivity contribution in [1.82, 2.24) is 9.62 Å². The zero-order valence-corrected chi connectivity index (χ0v) is 13.3. The predicted octanol–water partition coefficient (Wildman–Crippen LogP) is 2.51. The first-order chi connectivity index (χ1) is 9.74. The molecule has 0 radical (unpaired) electrons. The van der Waals surface area contributed by atoms with Crippen molar-refractivity contribution in [3.8, 4) is 0 Å². The van der Waals surface area contributed by atoms with Gasteiger partial charge in [-0.25, -0.2) is 12.7 Å². The van der Waals surface area contributed by atoms with Crippen LogP contribution in [0.3, 0.4) is 0 Å². The topological polar surface area (TPSA) is 49.4 Å². The summed E-state index contributed by atoms with van der Waals surface area (Å²) in [4.78, 5) is 0. The summed E-state index contributed by atoms with van der Waals surface area (Å²) < 4.78 is 62.2. The number of rotatable bonds is 8. The number of alkyl halides is 3. The summed E-state index contributed by atoms with van der Waals surface area (Å²) in [7, 11) is -3.61. The van der Waals surface area contributed by atoms with Crippen molar-refractivity contribution in [2.45, 2.75) is 57.7 Å². The minimum atomic E-state index is -4.30. The van der Waals surface area contributed by atoms with E-state index in [9.17, 15) is 21.6 Å². The predicted molar refractivity (Wildman–Crippen MR) is 76.6 cm³/mol. The van der Waals surface area contributed by atoms with E-state index in [0.717, 1.165) is 25.8 Å². The van der Waals surface area contributed by atoms with Gasteiger partial charge in [-0.1, -0.05) is 13.3 Å². The van der Waals surface area contributed by atoms with Crippen LogP contribution in [-0.4, -0.2) is 50.3 Å². The first-order valence-corrected chi connectivity index (χ1v) is 9.13. The Morgan fingerprint density at radius 1 is 1.29 bits per heavy atom. The highest BCUT2D eigenvalue weighted by Crippen LogP contribution is 2.22. The first kappa shape index (κ1) is 18.7. The molecule has 1 rings (SSSR count). The first-order valence-electron chi connectivity index (χ1n) is 7.52. The Morgan fingerprint density at radius 2 is 2.00 bits per heavy atom. The number of piperidine rings is 1. The van der Waals surface area contributed by atoms with E-state index in [2.05, 4.69) is 5.32 Å². The summed E-state index contributed by atoms with van der Waals surface area (Å²) >= 11 is 0. The minimum Gasteiger partial charge on any atom is -0.313 e. The monoisotopic (exact) mass is 330 g/mol. The molecule has 4 nitrogen and oxygen atoms in total. The second-order valence-electron chi connectivity index (χ2n) is 5.54. The van der Waals surface area contributed by atoms with Gasteiger partial charge in [0.25, 0.3) is 0 Å². The molecule has 0 bridgehead atoms. The SMILES string of the molecule is CCCN(CC1CCCCN1)S(=O)(=O)CCCC(F)(F)F. The number of nitrogens with one attached hydrogen (secondary N) is 1. The van der Waals surface area contributed by atoms with Crippen LogP contribution in [0.15, 0.2) is 0 Å². The second kappa shape index (κ2) is 8.33. The molecule has 21 heavy (non-hydrogen) atoms. The van der Waals surface area contributed by atoms with E-state index in [4.69, 9.17) is 0 Å². The Kier molecular flexibility index (Phi) is 7.42. The Bertz CT molecular complexity index is 393. The highest BCUT2D eigenvalue weighted by atomic mass is 32.2. The van der Waals surface area contributed by atoms with Crippen LogP contribution in [0, 0.1) is 0 Å². The fourth-order valence-electron chi connectivity index (χ4n) is 2.50. The molecule has 1 aliphatic heterocycles. The van der Waals surface area contributed by atoms with Crippen molar-refractivity contribution >= 4 is 10.0 Å². The molecule has 1 atom stereocenters. The average Bonchev–Trinajstić information content (AvgIpc) is 2.37. The summed E-state index contributed by atoms with van der Waals surface area (Å²) in [5, 5.41) is 3.27. The van der Waals surface area contributed by atoms with Gasteiger partial charge in [-0.2, -0.15) is 13.2 Å². The van der Waals surface area contributed by atoms with Gasteiger partial charge in [0.2, 0.25) is 10.0 Å². The van der Waals surface area contributed by atoms with E-state index < -0.39 is 28.4 Å². The molecule has 0 spiro atoms. The van der Waals surface area contributed by atoms with E-state index in [-0.39, 0.29) is 12.5 Å². The van der Waals surface area contributed by atoms with E-state index in [1.54, 1.807) is 0 Å². The van der Waals surface area contributed by atoms with Crippen LogP contribution in [0.25, 0.3) is 0 Å². The minimum absolute atomic E-state index is 0.114. The maximum absolute atomic E-state index is 12.2. The Morgan fingerprint density at radius 3 is 2.52 bits per heavy atom. The van der Waals surface area contributed by atoms with Gasteiger partial charge in [0.05, 0.1) is 5.75 Å². The fraction of sp³-hybridized carbons (Fsp3) is 1.00. The summed E-state index contributed by atoms with van der Waals surface area (Å²) in [5.74, 6) is -0.431. The molecule has 0 saturated carbocycles. The lowest BCUT2D eigenvalue weighted by atomic mass is 10.1. The van der Waals surface area contributed by atoms with Gasteiger partial charge in [0.15, 0.2) is 0 Å². The molecule has 1 aliphatic rings. The van der Waals surface area contributed by atoms with Crippen molar-refractivity contribution < 1.29 is 21.6 Å². The van der Waals surface area contributed by atoms with Crippen molar-refractivity contribution in [3.63, 3.8) is 0 Å². The van der Waals surface area contributed by atoms with E-state index in [1.807, 2.05) is 6.92 Å². The lowest BCUT2D eigenvalue weighted by Crippen LogP contribution is -2.46. The van der Waals surface area contributed by atoms with Crippen molar-refractivity contribution in [2.75, 3.05) is 25.4 Å². The molecular weight excluding hydrogens is 305 g/mol. The molecule has 1 unspecified atom stereocenters. The van der Waals surface area contributed by atoms with Gasteiger partial charge in [-0.05, 0) is 32.2 Å². The maximum Gasteiger partial charge on any atom is 0.389 e. The van der Waals surface area contributed by atoms with E-state index in [1.165, 1.54) is 4.31 Å². The highest BCUT2D eigenvalue weighted by molar-refractivity contribution is 7.89. The van der Waals surface area contributed by atoms with Crippen LogP contribution in [0.2, 0.25) is 0 Å². The zero-order valence-electron chi connectivity index (χ0n) is 12.5. The van der Waals surface area contributed by atoms with Gasteiger partial charge in [-0.3, -0.25) is 0 Å². The lowest BCUT2D eigenvalue weighted by molar-refractivity contribution is -0.134. The molecule has 0 aromatic heterocycles. The second-order valence-corrected chi connectivity index (χ2v) is 7.63. The zero-order chi connectivity index (χ0) is 15.9. The highest BCUT2D eigenvalue weighted by Gasteiger charge is 2.30. The number of hydrogen-bond donors (Lipinski definition) is 1. The normalized spacial score (nSPS) is 20.9. The molecule has 0 aromatic rings. The molecule has 0 aliphatic carbocycles. The molecule has 0 amide bonds. The van der Waals surface area contributed by atoms with Crippen LogP contribution < -0.4 is 5.32 Å². The Hall–Kier alpha value is -0.340. The lowest BCUT2D eigenvalue weighted by Gasteiger charge is -2.30. The third-order valence-corrected chi connectivity index (χ3v) is 5.49. The Labute approximate surface area is 125 Å². The number of nitrogens with zero attached hydrogens (tertiary/aromatic N) is 1. The molecule has 1 saturated heterocycles. The number of halogens is 3. The van der Waals surface area contributed by atoms with Crippen LogP contribution >= 0.6 is 0 Å². The van der Waals surface area contributed by atoms with E-state index in [0.29, 0.717) is 19.5 Å². The summed E-state index contributed by atoms with van der Waals surface area (Å²) in [6.45, 7) is 3.47. The largest absolute Gasteiger partial charge is 0.389 e. The smallest absolute Gasteiger partial charge is 0.313 e. The molecule has 126 valence electrons. The van der Waals surface area contributed by atoms with Gasteiger partial charge >= 0.3 is 6.18 Å². The number of hydrogen-bond acceptors (Lipinski definition) is 3. The van der Waals surface area contributed by atoms with Crippen LogP contribution in [0.5, 0.6) is 0 Å². The average molecular weight is 330 g/mol. The summed E-state index contributed by atoms with van der Waals surface area (Å²) in [6.07, 6.45) is -1.99. The maximum atomic E-state index is 12.2. The van der Waals surface area contributed by atoms with E-state index >= 15 is 0 Å². The van der Waals surface area contributed by atoms with Gasteiger partial charge in [-0.15, -0.1) is 0 Å². The van der Waals surface area contributed by atoms with Crippen molar-refractivity contribution in [3.05, 3.63) is 0 Å².